The summed E-state index contributed by atoms with van der Waals surface area (Å²) in [5, 5.41) is 1.78. The van der Waals surface area contributed by atoms with Crippen molar-refractivity contribution in [2.45, 2.75) is 23.8 Å². The molecule has 0 radical (unpaired) electrons. The average Bonchev–Trinajstić information content (AvgIpc) is 3.14. The molecule has 2 aromatic heterocycles. The molecule has 1 saturated heterocycles. The fourth-order valence-electron chi connectivity index (χ4n) is 3.52. The lowest BCUT2D eigenvalue weighted by atomic mass is 10.1. The molecule has 4 rings (SSSR count). The Kier molecular flexibility index (Phi) is 5.81. The predicted molar refractivity (Wildman–Crippen MR) is 112 cm³/mol. The third-order valence-electron chi connectivity index (χ3n) is 5.13. The molecule has 0 unspecified atom stereocenters. The van der Waals surface area contributed by atoms with Crippen LogP contribution in [0.3, 0.4) is 0 Å². The first-order valence-corrected chi connectivity index (χ1v) is 12.2. The second-order valence-corrected chi connectivity index (χ2v) is 10.1. The number of fused-ring (bicyclic) bond motifs is 1. The molecular formula is C20H20FN3O4S2. The minimum atomic E-state index is -3.49. The molecule has 158 valence electrons. The lowest BCUT2D eigenvalue weighted by Gasteiger charge is -2.30. The highest BCUT2D eigenvalue weighted by atomic mass is 32.2. The number of ether oxygens (including phenoxy) is 1. The van der Waals surface area contributed by atoms with Crippen molar-refractivity contribution >= 4 is 37.7 Å². The SMILES string of the molecule is CS(=O)(=O)c1ccc(-c2csc3c(OC4CCN(CC=O)CC4)ncnc23)c(F)c1. The van der Waals surface area contributed by atoms with E-state index in [-0.39, 0.29) is 16.6 Å². The first kappa shape index (κ1) is 20.8. The number of hydrogen-bond donors (Lipinski definition) is 0. The van der Waals surface area contributed by atoms with E-state index >= 15 is 0 Å². The monoisotopic (exact) mass is 449 g/mol. The van der Waals surface area contributed by atoms with Crippen molar-refractivity contribution in [2.75, 3.05) is 25.9 Å². The Hall–Kier alpha value is -2.43. The highest BCUT2D eigenvalue weighted by Gasteiger charge is 2.23. The molecular weight excluding hydrogens is 429 g/mol. The smallest absolute Gasteiger partial charge is 0.235 e. The number of piperidine rings is 1. The summed E-state index contributed by atoms with van der Waals surface area (Å²) < 4.78 is 44.8. The Balaban J connectivity index is 1.61. The van der Waals surface area contributed by atoms with E-state index in [9.17, 15) is 17.6 Å². The van der Waals surface area contributed by atoms with Crippen LogP contribution in [-0.4, -0.2) is 61.6 Å². The van der Waals surface area contributed by atoms with E-state index in [1.165, 1.54) is 29.8 Å². The molecule has 0 saturated carbocycles. The van der Waals surface area contributed by atoms with Gasteiger partial charge in [0.2, 0.25) is 5.88 Å². The van der Waals surface area contributed by atoms with Crippen molar-refractivity contribution in [2.24, 2.45) is 0 Å². The standard InChI is InChI=1S/C20H20FN3O4S2/c1-30(26,27)14-2-3-15(17(21)10-14)16-11-29-19-18(16)22-12-23-20(19)28-13-4-6-24(7-5-13)8-9-25/h2-3,9-13H,4-8H2,1H3. The zero-order chi connectivity index (χ0) is 21.3. The minimum Gasteiger partial charge on any atom is -0.473 e. The van der Waals surface area contributed by atoms with Crippen molar-refractivity contribution in [3.63, 3.8) is 0 Å². The summed E-state index contributed by atoms with van der Waals surface area (Å²) in [4.78, 5) is 21.2. The second-order valence-electron chi connectivity index (χ2n) is 7.20. The highest BCUT2D eigenvalue weighted by molar-refractivity contribution is 7.90. The average molecular weight is 450 g/mol. The number of likely N-dealkylation sites (tertiary alicyclic amines) is 1. The van der Waals surface area contributed by atoms with E-state index in [0.717, 1.165) is 49.2 Å². The Bertz CT molecular complexity index is 1190. The van der Waals surface area contributed by atoms with Crippen LogP contribution in [0.4, 0.5) is 4.39 Å². The highest BCUT2D eigenvalue weighted by Crippen LogP contribution is 2.38. The van der Waals surface area contributed by atoms with Crippen LogP contribution in [0, 0.1) is 5.82 Å². The molecule has 3 aromatic rings. The first-order chi connectivity index (χ1) is 14.4. The van der Waals surface area contributed by atoms with E-state index in [0.29, 0.717) is 23.5 Å². The Morgan fingerprint density at radius 1 is 1.27 bits per heavy atom. The van der Waals surface area contributed by atoms with Gasteiger partial charge in [-0.25, -0.2) is 22.8 Å². The van der Waals surface area contributed by atoms with Crippen LogP contribution in [0.2, 0.25) is 0 Å². The van der Waals surface area contributed by atoms with Gasteiger partial charge in [0.1, 0.15) is 29.2 Å². The van der Waals surface area contributed by atoms with E-state index in [4.69, 9.17) is 4.74 Å². The fraction of sp³-hybridized carbons (Fsp3) is 0.350. The maximum absolute atomic E-state index is 14.7. The summed E-state index contributed by atoms with van der Waals surface area (Å²) >= 11 is 1.36. The van der Waals surface area contributed by atoms with Crippen molar-refractivity contribution in [1.82, 2.24) is 14.9 Å². The molecule has 1 fully saturated rings. The summed E-state index contributed by atoms with van der Waals surface area (Å²) in [5.74, 6) is -0.167. The molecule has 0 atom stereocenters. The summed E-state index contributed by atoms with van der Waals surface area (Å²) in [5.41, 5.74) is 1.41. The number of nitrogens with zero attached hydrogens (tertiary/aromatic N) is 3. The molecule has 7 nitrogen and oxygen atoms in total. The van der Waals surface area contributed by atoms with Gasteiger partial charge in [0.05, 0.1) is 17.0 Å². The minimum absolute atomic E-state index is 0.0117. The number of sulfone groups is 1. The molecule has 1 aliphatic heterocycles. The number of halogens is 1. The van der Waals surface area contributed by atoms with Gasteiger partial charge in [0.25, 0.3) is 0 Å². The van der Waals surface area contributed by atoms with Crippen molar-refractivity contribution in [3.8, 4) is 17.0 Å². The molecule has 0 N–H and O–H groups in total. The zero-order valence-corrected chi connectivity index (χ0v) is 17.9. The number of aromatic nitrogens is 2. The lowest BCUT2D eigenvalue weighted by Crippen LogP contribution is -2.39. The fourth-order valence-corrected chi connectivity index (χ4v) is 5.11. The van der Waals surface area contributed by atoms with Gasteiger partial charge in [-0.05, 0) is 25.0 Å². The summed E-state index contributed by atoms with van der Waals surface area (Å²) in [6, 6.07) is 3.88. The molecule has 3 heterocycles. The molecule has 1 aliphatic rings. The van der Waals surface area contributed by atoms with Crippen molar-refractivity contribution in [3.05, 3.63) is 35.7 Å². The van der Waals surface area contributed by atoms with Gasteiger partial charge in [-0.1, -0.05) is 6.07 Å². The number of carbonyl (C=O) groups excluding carboxylic acids is 1. The van der Waals surface area contributed by atoms with Crippen molar-refractivity contribution < 1.29 is 22.3 Å². The van der Waals surface area contributed by atoms with Crippen LogP contribution in [0.15, 0.2) is 34.8 Å². The van der Waals surface area contributed by atoms with E-state index < -0.39 is 15.7 Å². The van der Waals surface area contributed by atoms with Crippen molar-refractivity contribution in [1.29, 1.82) is 0 Å². The number of benzene rings is 1. The lowest BCUT2D eigenvalue weighted by molar-refractivity contribution is -0.109. The maximum Gasteiger partial charge on any atom is 0.235 e. The van der Waals surface area contributed by atoms with E-state index in [2.05, 4.69) is 14.9 Å². The van der Waals surface area contributed by atoms with Gasteiger partial charge in [-0.2, -0.15) is 0 Å². The van der Waals surface area contributed by atoms with Gasteiger partial charge in [-0.3, -0.25) is 4.90 Å². The van der Waals surface area contributed by atoms with Gasteiger partial charge in [0.15, 0.2) is 9.84 Å². The van der Waals surface area contributed by atoms with Gasteiger partial charge in [0, 0.05) is 35.9 Å². The first-order valence-electron chi connectivity index (χ1n) is 9.41. The largest absolute Gasteiger partial charge is 0.473 e. The molecule has 30 heavy (non-hydrogen) atoms. The number of carbonyl (C=O) groups is 1. The van der Waals surface area contributed by atoms with Crippen LogP contribution in [-0.2, 0) is 14.6 Å². The summed E-state index contributed by atoms with van der Waals surface area (Å²) in [6.07, 6.45) is 4.91. The molecule has 0 bridgehead atoms. The van der Waals surface area contributed by atoms with Crippen LogP contribution in [0.25, 0.3) is 21.3 Å². The van der Waals surface area contributed by atoms with Crippen LogP contribution < -0.4 is 4.74 Å². The van der Waals surface area contributed by atoms with E-state index in [1.807, 2.05) is 0 Å². The molecule has 0 spiro atoms. The van der Waals surface area contributed by atoms with Gasteiger partial charge >= 0.3 is 0 Å². The number of rotatable bonds is 6. The topological polar surface area (TPSA) is 89.5 Å². The Labute approximate surface area is 177 Å². The molecule has 0 aliphatic carbocycles. The summed E-state index contributed by atoms with van der Waals surface area (Å²) in [6.45, 7) is 2.00. The number of hydrogen-bond acceptors (Lipinski definition) is 8. The van der Waals surface area contributed by atoms with Crippen LogP contribution in [0.1, 0.15) is 12.8 Å². The molecule has 0 amide bonds. The predicted octanol–water partition coefficient (Wildman–Crippen LogP) is 2.94. The summed E-state index contributed by atoms with van der Waals surface area (Å²) in [7, 11) is -3.49. The normalized spacial score (nSPS) is 16.1. The number of aldehydes is 1. The quantitative estimate of drug-likeness (QED) is 0.535. The zero-order valence-electron chi connectivity index (χ0n) is 16.2. The van der Waals surface area contributed by atoms with Crippen LogP contribution in [0.5, 0.6) is 5.88 Å². The van der Waals surface area contributed by atoms with Gasteiger partial charge < -0.3 is 9.53 Å². The Morgan fingerprint density at radius 2 is 2.03 bits per heavy atom. The molecule has 1 aromatic carbocycles. The second kappa shape index (κ2) is 8.37. The van der Waals surface area contributed by atoms with E-state index in [1.54, 1.807) is 5.38 Å². The third-order valence-corrected chi connectivity index (χ3v) is 7.19. The third kappa shape index (κ3) is 4.21. The number of thiophene rings is 1. The molecule has 10 heteroatoms. The maximum atomic E-state index is 14.7. The van der Waals surface area contributed by atoms with Crippen LogP contribution >= 0.6 is 11.3 Å². The Morgan fingerprint density at radius 3 is 2.70 bits per heavy atom. The van der Waals surface area contributed by atoms with Gasteiger partial charge in [-0.15, -0.1) is 11.3 Å².